The van der Waals surface area contributed by atoms with Crippen molar-refractivity contribution in [3.05, 3.63) is 87.0 Å². The summed E-state index contributed by atoms with van der Waals surface area (Å²) in [7, 11) is 0. The molecule has 0 bridgehead atoms. The van der Waals surface area contributed by atoms with Crippen LogP contribution in [0.1, 0.15) is 46.8 Å². The Balaban J connectivity index is 1.61. The van der Waals surface area contributed by atoms with Crippen LogP contribution in [0.5, 0.6) is 0 Å². The smallest absolute Gasteiger partial charge is 0.272 e. The highest BCUT2D eigenvalue weighted by Crippen LogP contribution is 2.24. The zero-order valence-electron chi connectivity index (χ0n) is 18.3. The fourth-order valence-electron chi connectivity index (χ4n) is 3.51. The van der Waals surface area contributed by atoms with Crippen LogP contribution in [0.2, 0.25) is 0 Å². The van der Waals surface area contributed by atoms with E-state index in [9.17, 15) is 14.9 Å². The zero-order chi connectivity index (χ0) is 23.0. The van der Waals surface area contributed by atoms with Crippen LogP contribution >= 0.6 is 0 Å². The van der Waals surface area contributed by atoms with Gasteiger partial charge in [-0.25, -0.2) is 0 Å². The van der Waals surface area contributed by atoms with Gasteiger partial charge in [0.2, 0.25) is 0 Å². The lowest BCUT2D eigenvalue weighted by Gasteiger charge is -2.09. The largest absolute Gasteiger partial charge is 0.322 e. The second-order valence-electron chi connectivity index (χ2n) is 8.10. The van der Waals surface area contributed by atoms with Gasteiger partial charge in [0.15, 0.2) is 0 Å². The minimum Gasteiger partial charge on any atom is -0.322 e. The molecule has 3 aromatic carbocycles. The number of carbonyl (C=O) groups excluding carboxylic acids is 1. The monoisotopic (exact) mass is 429 g/mol. The number of nitro groups is 1. The number of carbonyl (C=O) groups is 1. The van der Waals surface area contributed by atoms with Crippen molar-refractivity contribution in [3.8, 4) is 5.69 Å². The summed E-state index contributed by atoms with van der Waals surface area (Å²) in [6.45, 7) is 7.78. The summed E-state index contributed by atoms with van der Waals surface area (Å²) >= 11 is 0. The minimum atomic E-state index is -0.463. The second-order valence-corrected chi connectivity index (χ2v) is 8.10. The third-order valence-electron chi connectivity index (χ3n) is 5.42. The molecule has 0 spiro atoms. The van der Waals surface area contributed by atoms with Gasteiger partial charge < -0.3 is 5.32 Å². The molecular formula is C24H23N5O3. The molecule has 0 aliphatic rings. The first-order valence-corrected chi connectivity index (χ1v) is 10.3. The number of fused-ring (bicyclic) bond motifs is 1. The number of benzene rings is 3. The van der Waals surface area contributed by atoms with Gasteiger partial charge in [-0.15, -0.1) is 10.2 Å². The van der Waals surface area contributed by atoms with Gasteiger partial charge in [-0.3, -0.25) is 14.9 Å². The number of rotatable bonds is 5. The predicted molar refractivity (Wildman–Crippen MR) is 123 cm³/mol. The van der Waals surface area contributed by atoms with Gasteiger partial charge in [-0.05, 0) is 67.3 Å². The SMILES string of the molecule is Cc1cc2nn(-c3ccc(C(C)C)cc3)nc2cc1NC(=O)c1ccc([N+](=O)[O-])c(C)c1. The number of aryl methyl sites for hydroxylation is 2. The van der Waals surface area contributed by atoms with Crippen LogP contribution in [-0.2, 0) is 0 Å². The van der Waals surface area contributed by atoms with Crippen molar-refractivity contribution in [2.45, 2.75) is 33.6 Å². The normalized spacial score (nSPS) is 11.2. The lowest BCUT2D eigenvalue weighted by Crippen LogP contribution is -2.13. The van der Waals surface area contributed by atoms with E-state index >= 15 is 0 Å². The Bertz CT molecular complexity index is 1340. The summed E-state index contributed by atoms with van der Waals surface area (Å²) in [4.78, 5) is 24.9. The van der Waals surface area contributed by atoms with Crippen molar-refractivity contribution in [3.63, 3.8) is 0 Å². The van der Waals surface area contributed by atoms with E-state index in [1.54, 1.807) is 17.8 Å². The van der Waals surface area contributed by atoms with E-state index in [1.807, 2.05) is 25.1 Å². The van der Waals surface area contributed by atoms with E-state index in [-0.39, 0.29) is 11.6 Å². The van der Waals surface area contributed by atoms with Crippen molar-refractivity contribution in [2.24, 2.45) is 0 Å². The summed E-state index contributed by atoms with van der Waals surface area (Å²) < 4.78 is 0. The average molecular weight is 429 g/mol. The summed E-state index contributed by atoms with van der Waals surface area (Å²) in [6.07, 6.45) is 0. The molecular weight excluding hydrogens is 406 g/mol. The zero-order valence-corrected chi connectivity index (χ0v) is 18.3. The molecule has 0 saturated heterocycles. The molecule has 4 rings (SSSR count). The van der Waals surface area contributed by atoms with Crippen molar-refractivity contribution >= 4 is 28.3 Å². The summed E-state index contributed by atoms with van der Waals surface area (Å²) in [6, 6.07) is 16.1. The van der Waals surface area contributed by atoms with Crippen LogP contribution in [0.15, 0.2) is 54.6 Å². The molecule has 0 aliphatic carbocycles. The molecule has 4 aromatic rings. The first-order chi connectivity index (χ1) is 15.2. The van der Waals surface area contributed by atoms with Crippen LogP contribution in [0, 0.1) is 24.0 Å². The van der Waals surface area contributed by atoms with E-state index in [1.165, 1.54) is 23.8 Å². The summed E-state index contributed by atoms with van der Waals surface area (Å²) in [5, 5.41) is 23.0. The number of nitro benzene ring substituents is 1. The van der Waals surface area contributed by atoms with Crippen LogP contribution in [0.4, 0.5) is 11.4 Å². The van der Waals surface area contributed by atoms with Crippen molar-refractivity contribution in [2.75, 3.05) is 5.32 Å². The van der Waals surface area contributed by atoms with Crippen molar-refractivity contribution in [1.82, 2.24) is 15.0 Å². The molecule has 0 saturated carbocycles. The van der Waals surface area contributed by atoms with Gasteiger partial charge in [0, 0.05) is 22.9 Å². The fraction of sp³-hybridized carbons (Fsp3) is 0.208. The van der Waals surface area contributed by atoms with Gasteiger partial charge >= 0.3 is 0 Å². The fourth-order valence-corrected chi connectivity index (χ4v) is 3.51. The Morgan fingerprint density at radius 1 is 0.969 bits per heavy atom. The Morgan fingerprint density at radius 2 is 1.62 bits per heavy atom. The third kappa shape index (κ3) is 4.07. The molecule has 0 fully saturated rings. The Labute approximate surface area is 185 Å². The van der Waals surface area contributed by atoms with Gasteiger partial charge in [0.1, 0.15) is 11.0 Å². The van der Waals surface area contributed by atoms with Gasteiger partial charge in [-0.2, -0.15) is 4.80 Å². The molecule has 0 radical (unpaired) electrons. The maximum absolute atomic E-state index is 12.7. The van der Waals surface area contributed by atoms with Crippen molar-refractivity contribution < 1.29 is 9.72 Å². The first-order valence-electron chi connectivity index (χ1n) is 10.3. The van der Waals surface area contributed by atoms with E-state index in [2.05, 4.69) is 41.5 Å². The highest BCUT2D eigenvalue weighted by atomic mass is 16.6. The number of nitrogens with one attached hydrogen (secondary N) is 1. The Kier molecular flexibility index (Phi) is 5.44. The molecule has 0 aliphatic heterocycles. The molecule has 1 aromatic heterocycles. The Morgan fingerprint density at radius 3 is 2.22 bits per heavy atom. The van der Waals surface area contributed by atoms with Gasteiger partial charge in [0.05, 0.1) is 10.6 Å². The van der Waals surface area contributed by atoms with E-state index in [4.69, 9.17) is 0 Å². The number of hydrogen-bond acceptors (Lipinski definition) is 5. The first kappa shape index (κ1) is 21.2. The van der Waals surface area contributed by atoms with E-state index in [0.29, 0.717) is 28.2 Å². The van der Waals surface area contributed by atoms with Crippen LogP contribution < -0.4 is 5.32 Å². The molecule has 162 valence electrons. The number of anilines is 1. The van der Waals surface area contributed by atoms with E-state index in [0.717, 1.165) is 16.8 Å². The quantitative estimate of drug-likeness (QED) is 0.341. The third-order valence-corrected chi connectivity index (χ3v) is 5.42. The number of hydrogen-bond donors (Lipinski definition) is 1. The summed E-state index contributed by atoms with van der Waals surface area (Å²) in [5.74, 6) is 0.101. The highest BCUT2D eigenvalue weighted by Gasteiger charge is 2.16. The molecule has 8 heteroatoms. The molecule has 8 nitrogen and oxygen atoms in total. The Hall–Kier alpha value is -4.07. The molecule has 1 heterocycles. The molecule has 0 unspecified atom stereocenters. The molecule has 1 N–H and O–H groups in total. The lowest BCUT2D eigenvalue weighted by atomic mass is 10.0. The summed E-state index contributed by atoms with van der Waals surface area (Å²) in [5.41, 5.74) is 5.69. The minimum absolute atomic E-state index is 0.0165. The predicted octanol–water partition coefficient (Wildman–Crippen LogP) is 5.32. The molecule has 32 heavy (non-hydrogen) atoms. The van der Waals surface area contributed by atoms with Crippen LogP contribution in [0.3, 0.4) is 0 Å². The number of nitrogens with zero attached hydrogens (tertiary/aromatic N) is 4. The van der Waals surface area contributed by atoms with Gasteiger partial charge in [-0.1, -0.05) is 26.0 Å². The number of aromatic nitrogens is 3. The van der Waals surface area contributed by atoms with Crippen LogP contribution in [0.25, 0.3) is 16.7 Å². The maximum atomic E-state index is 12.7. The highest BCUT2D eigenvalue weighted by molar-refractivity contribution is 6.05. The average Bonchev–Trinajstić information content (AvgIpc) is 3.16. The standard InChI is InChI=1S/C24H23N5O3/c1-14(2)17-5-8-19(9-6-17)28-26-21-12-15(3)20(13-22(21)27-28)25-24(30)18-7-10-23(29(31)32)16(4)11-18/h5-14H,1-4H3,(H,25,30). The molecule has 0 atom stereocenters. The number of amides is 1. The topological polar surface area (TPSA) is 103 Å². The molecule has 1 amide bonds. The maximum Gasteiger partial charge on any atom is 0.272 e. The van der Waals surface area contributed by atoms with Crippen molar-refractivity contribution in [1.29, 1.82) is 0 Å². The second kappa shape index (κ2) is 8.22. The van der Waals surface area contributed by atoms with Gasteiger partial charge in [0.25, 0.3) is 11.6 Å². The van der Waals surface area contributed by atoms with Crippen LogP contribution in [-0.4, -0.2) is 25.8 Å². The lowest BCUT2D eigenvalue weighted by molar-refractivity contribution is -0.385. The van der Waals surface area contributed by atoms with E-state index < -0.39 is 4.92 Å².